The quantitative estimate of drug-likeness (QED) is 0.858. The van der Waals surface area contributed by atoms with Gasteiger partial charge in [-0.2, -0.15) is 0 Å². The maximum atomic E-state index is 12.5. The van der Waals surface area contributed by atoms with Gasteiger partial charge in [0.2, 0.25) is 5.91 Å². The minimum absolute atomic E-state index is 0.0174. The number of hydrogen-bond acceptors (Lipinski definition) is 3. The van der Waals surface area contributed by atoms with E-state index < -0.39 is 0 Å². The molecule has 2 aromatic rings. The van der Waals surface area contributed by atoms with Crippen LogP contribution >= 0.6 is 0 Å². The normalized spacial score (nSPS) is 10.5. The molecule has 0 aromatic heterocycles. The molecule has 5 nitrogen and oxygen atoms in total. The van der Waals surface area contributed by atoms with Gasteiger partial charge in [0.25, 0.3) is 5.91 Å². The second kappa shape index (κ2) is 8.52. The number of carbonyl (C=O) groups is 2. The number of rotatable bonds is 6. The van der Waals surface area contributed by atoms with Gasteiger partial charge < -0.3 is 15.0 Å². The predicted molar refractivity (Wildman–Crippen MR) is 104 cm³/mol. The highest BCUT2D eigenvalue weighted by molar-refractivity contribution is 5.99. The zero-order valence-corrected chi connectivity index (χ0v) is 16.0. The molecule has 2 rings (SSSR count). The van der Waals surface area contributed by atoms with Crippen molar-refractivity contribution in [2.45, 2.75) is 33.8 Å². The van der Waals surface area contributed by atoms with Crippen molar-refractivity contribution in [1.82, 2.24) is 4.90 Å². The molecule has 0 saturated carbocycles. The first-order chi connectivity index (χ1) is 12.3. The van der Waals surface area contributed by atoms with E-state index in [1.54, 1.807) is 31.3 Å². The average molecular weight is 354 g/mol. The smallest absolute Gasteiger partial charge is 0.254 e. The number of nitrogens with one attached hydrogen (secondary N) is 1. The summed E-state index contributed by atoms with van der Waals surface area (Å²) in [4.78, 5) is 26.2. The molecule has 0 aliphatic heterocycles. The first-order valence-corrected chi connectivity index (χ1v) is 8.65. The second-order valence-electron chi connectivity index (χ2n) is 6.72. The largest absolute Gasteiger partial charge is 0.491 e. The minimum atomic E-state index is -0.227. The van der Waals surface area contributed by atoms with Crippen LogP contribution in [0, 0.1) is 13.8 Å². The highest BCUT2D eigenvalue weighted by Gasteiger charge is 2.16. The van der Waals surface area contributed by atoms with Crippen LogP contribution in [0.2, 0.25) is 0 Å². The summed E-state index contributed by atoms with van der Waals surface area (Å²) >= 11 is 0. The molecule has 0 saturated heterocycles. The minimum Gasteiger partial charge on any atom is -0.491 e. The van der Waals surface area contributed by atoms with Crippen LogP contribution in [0.5, 0.6) is 5.75 Å². The molecule has 5 heteroatoms. The van der Waals surface area contributed by atoms with Crippen molar-refractivity contribution in [3.8, 4) is 5.75 Å². The van der Waals surface area contributed by atoms with E-state index >= 15 is 0 Å². The Morgan fingerprint density at radius 3 is 2.35 bits per heavy atom. The predicted octanol–water partition coefficient (Wildman–Crippen LogP) is 3.80. The zero-order chi connectivity index (χ0) is 19.3. The maximum Gasteiger partial charge on any atom is 0.254 e. The number of hydrogen-bond donors (Lipinski definition) is 1. The van der Waals surface area contributed by atoms with Crippen LogP contribution in [0.3, 0.4) is 0 Å². The molecule has 0 bridgehead atoms. The molecule has 0 aliphatic carbocycles. The Hall–Kier alpha value is -2.82. The lowest BCUT2D eigenvalue weighted by Crippen LogP contribution is -2.35. The molecule has 0 fully saturated rings. The van der Waals surface area contributed by atoms with Gasteiger partial charge in [-0.25, -0.2) is 0 Å². The van der Waals surface area contributed by atoms with Crippen molar-refractivity contribution in [3.63, 3.8) is 0 Å². The van der Waals surface area contributed by atoms with Crippen LogP contribution < -0.4 is 10.1 Å². The summed E-state index contributed by atoms with van der Waals surface area (Å²) in [6.07, 6.45) is 0.0769. The van der Waals surface area contributed by atoms with Crippen molar-refractivity contribution >= 4 is 17.5 Å². The topological polar surface area (TPSA) is 58.6 Å². The Morgan fingerprint density at radius 2 is 1.73 bits per heavy atom. The summed E-state index contributed by atoms with van der Waals surface area (Å²) in [5, 5.41) is 2.87. The van der Waals surface area contributed by atoms with Crippen LogP contribution in [0.1, 0.15) is 35.3 Å². The van der Waals surface area contributed by atoms with Gasteiger partial charge in [-0.15, -0.1) is 0 Å². The molecular weight excluding hydrogens is 328 g/mol. The van der Waals surface area contributed by atoms with E-state index in [4.69, 9.17) is 4.74 Å². The fourth-order valence-corrected chi connectivity index (χ4v) is 2.52. The van der Waals surface area contributed by atoms with Gasteiger partial charge in [-0.05, 0) is 69.2 Å². The molecule has 0 aliphatic rings. The Bertz CT molecular complexity index is 782. The van der Waals surface area contributed by atoms with Crippen LogP contribution in [-0.2, 0) is 4.79 Å². The molecular formula is C21H26N2O3. The number of carbonyl (C=O) groups excluding carboxylic acids is 2. The van der Waals surface area contributed by atoms with E-state index in [-0.39, 0.29) is 24.5 Å². The number of aryl methyl sites for hydroxylation is 2. The first kappa shape index (κ1) is 19.5. The van der Waals surface area contributed by atoms with Crippen LogP contribution in [0.15, 0.2) is 42.5 Å². The second-order valence-corrected chi connectivity index (χ2v) is 6.72. The van der Waals surface area contributed by atoms with Crippen molar-refractivity contribution < 1.29 is 14.3 Å². The fraction of sp³-hybridized carbons (Fsp3) is 0.333. The van der Waals surface area contributed by atoms with E-state index in [2.05, 4.69) is 5.32 Å². The van der Waals surface area contributed by atoms with E-state index in [0.29, 0.717) is 11.3 Å². The number of amides is 2. The Morgan fingerprint density at radius 1 is 1.08 bits per heavy atom. The average Bonchev–Trinajstić information content (AvgIpc) is 2.57. The van der Waals surface area contributed by atoms with Gasteiger partial charge in [0.15, 0.2) is 0 Å². The van der Waals surface area contributed by atoms with Crippen molar-refractivity contribution in [2.75, 3.05) is 18.9 Å². The number of likely N-dealkylation sites (N-methyl/N-ethyl adjacent to an activating group) is 1. The third kappa shape index (κ3) is 5.34. The molecule has 0 spiro atoms. The molecule has 1 N–H and O–H groups in total. The van der Waals surface area contributed by atoms with Crippen LogP contribution in [0.4, 0.5) is 5.69 Å². The highest BCUT2D eigenvalue weighted by Crippen LogP contribution is 2.17. The highest BCUT2D eigenvalue weighted by atomic mass is 16.5. The maximum absolute atomic E-state index is 12.5. The number of ether oxygens (including phenoxy) is 1. The Labute approximate surface area is 155 Å². The van der Waals surface area contributed by atoms with Gasteiger partial charge in [0.1, 0.15) is 5.75 Å². The third-order valence-electron chi connectivity index (χ3n) is 3.87. The van der Waals surface area contributed by atoms with E-state index in [1.807, 2.05) is 45.9 Å². The molecule has 0 unspecified atom stereocenters. The van der Waals surface area contributed by atoms with Crippen molar-refractivity contribution in [3.05, 3.63) is 59.2 Å². The van der Waals surface area contributed by atoms with Crippen LogP contribution in [0.25, 0.3) is 0 Å². The molecule has 138 valence electrons. The zero-order valence-electron chi connectivity index (χ0n) is 16.0. The summed E-state index contributed by atoms with van der Waals surface area (Å²) < 4.78 is 5.57. The third-order valence-corrected chi connectivity index (χ3v) is 3.87. The molecule has 0 heterocycles. The molecule has 26 heavy (non-hydrogen) atoms. The summed E-state index contributed by atoms with van der Waals surface area (Å²) in [6.45, 7) is 7.78. The summed E-state index contributed by atoms with van der Waals surface area (Å²) in [7, 11) is 1.61. The van der Waals surface area contributed by atoms with E-state index in [0.717, 1.165) is 16.8 Å². The van der Waals surface area contributed by atoms with E-state index in [9.17, 15) is 9.59 Å². The van der Waals surface area contributed by atoms with Gasteiger partial charge in [0.05, 0.1) is 12.6 Å². The van der Waals surface area contributed by atoms with Crippen molar-refractivity contribution in [1.29, 1.82) is 0 Å². The number of nitrogens with zero attached hydrogens (tertiary/aromatic N) is 1. The number of benzene rings is 2. The monoisotopic (exact) mass is 354 g/mol. The summed E-state index contributed by atoms with van der Waals surface area (Å²) in [6, 6.07) is 12.8. The summed E-state index contributed by atoms with van der Waals surface area (Å²) in [5.41, 5.74) is 3.34. The van der Waals surface area contributed by atoms with Crippen molar-refractivity contribution in [2.24, 2.45) is 0 Å². The van der Waals surface area contributed by atoms with Gasteiger partial charge in [0, 0.05) is 18.3 Å². The fourth-order valence-electron chi connectivity index (χ4n) is 2.52. The Balaban J connectivity index is 1.97. The van der Waals surface area contributed by atoms with Gasteiger partial charge in [-0.1, -0.05) is 12.1 Å². The molecule has 0 atom stereocenters. The van der Waals surface area contributed by atoms with E-state index in [1.165, 1.54) is 4.90 Å². The SMILES string of the molecule is Cc1ccc(C)c(NC(=O)CN(C)C(=O)c2ccc(OC(C)C)cc2)c1. The molecule has 2 aromatic carbocycles. The number of anilines is 1. The lowest BCUT2D eigenvalue weighted by Gasteiger charge is -2.18. The first-order valence-electron chi connectivity index (χ1n) is 8.65. The molecule has 0 radical (unpaired) electrons. The van der Waals surface area contributed by atoms with Gasteiger partial charge >= 0.3 is 0 Å². The van der Waals surface area contributed by atoms with Crippen LogP contribution in [-0.4, -0.2) is 36.4 Å². The summed E-state index contributed by atoms with van der Waals surface area (Å²) in [5.74, 6) is 0.276. The van der Waals surface area contributed by atoms with Gasteiger partial charge in [-0.3, -0.25) is 9.59 Å². The standard InChI is InChI=1S/C21H26N2O3/c1-14(2)26-18-10-8-17(9-11-18)21(25)23(5)13-20(24)22-19-12-15(3)6-7-16(19)4/h6-12,14H,13H2,1-5H3,(H,22,24). The lowest BCUT2D eigenvalue weighted by molar-refractivity contribution is -0.116. The molecule has 2 amide bonds. The Kier molecular flexibility index (Phi) is 6.39. The lowest BCUT2D eigenvalue weighted by atomic mass is 10.1.